The third-order valence-corrected chi connectivity index (χ3v) is 5.07. The van der Waals surface area contributed by atoms with Gasteiger partial charge in [0.1, 0.15) is 0 Å². The van der Waals surface area contributed by atoms with Gasteiger partial charge >= 0.3 is 0 Å². The van der Waals surface area contributed by atoms with Crippen LogP contribution in [-0.2, 0) is 9.53 Å². The monoisotopic (exact) mass is 275 g/mol. The zero-order valence-corrected chi connectivity index (χ0v) is 12.7. The molecular formula is C17H25NO2. The minimum Gasteiger partial charge on any atom is -0.379 e. The normalized spacial score (nSPS) is 28.3. The maximum atomic E-state index is 12.3. The fourth-order valence-electron chi connectivity index (χ4n) is 3.99. The lowest BCUT2D eigenvalue weighted by atomic mass is 9.85. The molecule has 0 amide bonds. The molecule has 0 radical (unpaired) electrons. The lowest BCUT2D eigenvalue weighted by Crippen LogP contribution is -2.39. The fourth-order valence-corrected chi connectivity index (χ4v) is 3.99. The van der Waals surface area contributed by atoms with Gasteiger partial charge in [0.25, 0.3) is 0 Å². The summed E-state index contributed by atoms with van der Waals surface area (Å²) in [6, 6.07) is 0. The Balaban J connectivity index is 1.85. The first-order chi connectivity index (χ1) is 9.72. The van der Waals surface area contributed by atoms with Gasteiger partial charge in [0.15, 0.2) is 5.78 Å². The molecule has 2 aliphatic carbocycles. The largest absolute Gasteiger partial charge is 0.379 e. The number of ketones is 1. The average molecular weight is 275 g/mol. The number of rotatable bonds is 3. The van der Waals surface area contributed by atoms with Crippen LogP contribution in [0.4, 0.5) is 0 Å². The van der Waals surface area contributed by atoms with Crippen LogP contribution in [0.1, 0.15) is 39.5 Å². The standard InChI is InChI=1S/C17H25NO2/c1-3-13-12(2)15(11-18-7-9-20-10-8-18)14-5-4-6-16(19)17(13)14/h15H,3-11H2,1-2H3. The highest BCUT2D eigenvalue weighted by atomic mass is 16.5. The summed E-state index contributed by atoms with van der Waals surface area (Å²) < 4.78 is 5.44. The smallest absolute Gasteiger partial charge is 0.163 e. The Kier molecular flexibility index (Phi) is 4.08. The van der Waals surface area contributed by atoms with Crippen LogP contribution in [0.2, 0.25) is 0 Å². The summed E-state index contributed by atoms with van der Waals surface area (Å²) in [5.41, 5.74) is 5.37. The summed E-state index contributed by atoms with van der Waals surface area (Å²) in [5.74, 6) is 0.884. The van der Waals surface area contributed by atoms with Gasteiger partial charge in [-0.1, -0.05) is 18.1 Å². The number of Topliss-reactive ketones (excluding diaryl/α,β-unsaturated/α-hetero) is 1. The van der Waals surface area contributed by atoms with Gasteiger partial charge in [0.2, 0.25) is 0 Å². The lowest BCUT2D eigenvalue weighted by Gasteiger charge is -2.31. The Morgan fingerprint density at radius 3 is 2.70 bits per heavy atom. The molecule has 1 saturated heterocycles. The van der Waals surface area contributed by atoms with E-state index >= 15 is 0 Å². The molecule has 1 unspecified atom stereocenters. The second kappa shape index (κ2) is 5.82. The zero-order valence-electron chi connectivity index (χ0n) is 12.7. The summed E-state index contributed by atoms with van der Waals surface area (Å²) >= 11 is 0. The van der Waals surface area contributed by atoms with Gasteiger partial charge in [0.05, 0.1) is 13.2 Å². The molecule has 1 aliphatic heterocycles. The van der Waals surface area contributed by atoms with Gasteiger partial charge in [-0.15, -0.1) is 0 Å². The van der Waals surface area contributed by atoms with Gasteiger partial charge in [-0.2, -0.15) is 0 Å². The molecule has 0 spiro atoms. The molecule has 1 atom stereocenters. The molecule has 0 bridgehead atoms. The molecule has 1 heterocycles. The number of allylic oxidation sites excluding steroid dienone is 2. The van der Waals surface area contributed by atoms with Crippen LogP contribution in [0.15, 0.2) is 22.3 Å². The number of hydrogen-bond acceptors (Lipinski definition) is 3. The molecule has 20 heavy (non-hydrogen) atoms. The van der Waals surface area contributed by atoms with Crippen LogP contribution in [-0.4, -0.2) is 43.5 Å². The Labute approximate surface area is 121 Å². The molecule has 3 heteroatoms. The Bertz CT molecular complexity index is 469. The predicted molar refractivity (Wildman–Crippen MR) is 79.6 cm³/mol. The van der Waals surface area contributed by atoms with Crippen molar-refractivity contribution in [3.05, 3.63) is 22.3 Å². The summed E-state index contributed by atoms with van der Waals surface area (Å²) in [6.45, 7) is 9.26. The van der Waals surface area contributed by atoms with E-state index in [1.54, 1.807) is 0 Å². The molecule has 0 saturated carbocycles. The molecule has 110 valence electrons. The maximum Gasteiger partial charge on any atom is 0.163 e. The van der Waals surface area contributed by atoms with E-state index in [1.165, 1.54) is 16.7 Å². The van der Waals surface area contributed by atoms with Crippen LogP contribution in [0.5, 0.6) is 0 Å². The first-order valence-electron chi connectivity index (χ1n) is 7.98. The maximum absolute atomic E-state index is 12.3. The number of morpholine rings is 1. The van der Waals surface area contributed by atoms with Crippen molar-refractivity contribution in [1.29, 1.82) is 0 Å². The Morgan fingerprint density at radius 1 is 1.25 bits per heavy atom. The number of carbonyl (C=O) groups is 1. The van der Waals surface area contributed by atoms with Crippen molar-refractivity contribution in [3.8, 4) is 0 Å². The molecule has 3 rings (SSSR count). The topological polar surface area (TPSA) is 29.5 Å². The molecule has 0 aromatic rings. The van der Waals surface area contributed by atoms with Crippen LogP contribution in [0.25, 0.3) is 0 Å². The molecule has 0 N–H and O–H groups in total. The minimum absolute atomic E-state index is 0.395. The Morgan fingerprint density at radius 2 is 2.00 bits per heavy atom. The second-order valence-electron chi connectivity index (χ2n) is 6.16. The highest BCUT2D eigenvalue weighted by molar-refractivity contribution is 6.02. The summed E-state index contributed by atoms with van der Waals surface area (Å²) in [7, 11) is 0. The number of carbonyl (C=O) groups excluding carboxylic acids is 1. The molecule has 1 fully saturated rings. The second-order valence-corrected chi connectivity index (χ2v) is 6.16. The van der Waals surface area contributed by atoms with Gasteiger partial charge in [-0.05, 0) is 31.8 Å². The van der Waals surface area contributed by atoms with Crippen LogP contribution in [0.3, 0.4) is 0 Å². The number of hydrogen-bond donors (Lipinski definition) is 0. The van der Waals surface area contributed by atoms with Crippen molar-refractivity contribution in [1.82, 2.24) is 4.90 Å². The van der Waals surface area contributed by atoms with Crippen LogP contribution in [0, 0.1) is 5.92 Å². The minimum atomic E-state index is 0.395. The Hall–Kier alpha value is -0.930. The van der Waals surface area contributed by atoms with Gasteiger partial charge < -0.3 is 4.74 Å². The fraction of sp³-hybridized carbons (Fsp3) is 0.706. The van der Waals surface area contributed by atoms with Crippen molar-refractivity contribution in [3.63, 3.8) is 0 Å². The van der Waals surface area contributed by atoms with Crippen molar-refractivity contribution >= 4 is 5.78 Å². The average Bonchev–Trinajstić information content (AvgIpc) is 2.74. The molecule has 0 aromatic heterocycles. The van der Waals surface area contributed by atoms with Crippen molar-refractivity contribution in [2.24, 2.45) is 5.92 Å². The van der Waals surface area contributed by atoms with Gasteiger partial charge in [0, 0.05) is 37.5 Å². The van der Waals surface area contributed by atoms with Gasteiger partial charge in [-0.3, -0.25) is 9.69 Å². The SMILES string of the molecule is CCC1=C(C)C(CN2CCOCC2)C2=C1C(=O)CCC2. The highest BCUT2D eigenvalue weighted by Crippen LogP contribution is 2.44. The quantitative estimate of drug-likeness (QED) is 0.793. The molecule has 0 aromatic carbocycles. The van der Waals surface area contributed by atoms with E-state index in [4.69, 9.17) is 4.74 Å². The first-order valence-corrected chi connectivity index (χ1v) is 7.98. The van der Waals surface area contributed by atoms with E-state index in [2.05, 4.69) is 18.7 Å². The summed E-state index contributed by atoms with van der Waals surface area (Å²) in [4.78, 5) is 14.8. The van der Waals surface area contributed by atoms with E-state index in [9.17, 15) is 4.79 Å². The predicted octanol–water partition coefficient (Wildman–Crippen LogP) is 2.72. The molecule has 3 aliphatic rings. The third-order valence-electron chi connectivity index (χ3n) is 5.07. The van der Waals surface area contributed by atoms with Crippen molar-refractivity contribution in [2.45, 2.75) is 39.5 Å². The van der Waals surface area contributed by atoms with E-state index in [0.29, 0.717) is 11.7 Å². The van der Waals surface area contributed by atoms with E-state index < -0.39 is 0 Å². The first kappa shape index (κ1) is 14.0. The zero-order chi connectivity index (χ0) is 14.1. The van der Waals surface area contributed by atoms with Gasteiger partial charge in [-0.25, -0.2) is 0 Å². The summed E-state index contributed by atoms with van der Waals surface area (Å²) in [5, 5.41) is 0. The van der Waals surface area contributed by atoms with E-state index in [-0.39, 0.29) is 0 Å². The molecule has 3 nitrogen and oxygen atoms in total. The van der Waals surface area contributed by atoms with Crippen LogP contribution < -0.4 is 0 Å². The highest BCUT2D eigenvalue weighted by Gasteiger charge is 2.36. The van der Waals surface area contributed by atoms with Crippen molar-refractivity contribution in [2.75, 3.05) is 32.8 Å². The lowest BCUT2D eigenvalue weighted by molar-refractivity contribution is -0.115. The summed E-state index contributed by atoms with van der Waals surface area (Å²) in [6.07, 6.45) is 3.91. The third kappa shape index (κ3) is 2.38. The van der Waals surface area contributed by atoms with Crippen LogP contribution >= 0.6 is 0 Å². The number of nitrogens with zero attached hydrogens (tertiary/aromatic N) is 1. The number of ether oxygens (including phenoxy) is 1. The van der Waals surface area contributed by atoms with E-state index in [0.717, 1.165) is 64.1 Å². The molecular weight excluding hydrogens is 250 g/mol. The van der Waals surface area contributed by atoms with Crippen molar-refractivity contribution < 1.29 is 9.53 Å². The van der Waals surface area contributed by atoms with E-state index in [1.807, 2.05) is 0 Å².